The SMILES string of the molecule is CCn1cc(N2C(=O)N[C@H](C(C)C)C2=O)ccc1=O. The molecule has 19 heavy (non-hydrogen) atoms. The zero-order valence-electron chi connectivity index (χ0n) is 11.2. The third-order valence-electron chi connectivity index (χ3n) is 3.20. The molecule has 1 aromatic heterocycles. The quantitative estimate of drug-likeness (QED) is 0.825. The van der Waals surface area contributed by atoms with Crippen molar-refractivity contribution in [3.8, 4) is 0 Å². The molecular weight excluding hydrogens is 246 g/mol. The number of aromatic nitrogens is 1. The molecule has 0 spiro atoms. The lowest BCUT2D eigenvalue weighted by molar-refractivity contribution is -0.119. The second-order valence-corrected chi connectivity index (χ2v) is 4.86. The van der Waals surface area contributed by atoms with Crippen molar-refractivity contribution in [2.45, 2.75) is 33.4 Å². The van der Waals surface area contributed by atoms with Crippen LogP contribution in [0.2, 0.25) is 0 Å². The number of rotatable bonds is 3. The van der Waals surface area contributed by atoms with Crippen LogP contribution in [0.5, 0.6) is 0 Å². The fraction of sp³-hybridized carbons (Fsp3) is 0.462. The fourth-order valence-electron chi connectivity index (χ4n) is 2.09. The van der Waals surface area contributed by atoms with E-state index in [1.807, 2.05) is 20.8 Å². The number of aryl methyl sites for hydroxylation is 1. The summed E-state index contributed by atoms with van der Waals surface area (Å²) in [5, 5.41) is 2.65. The molecule has 102 valence electrons. The van der Waals surface area contributed by atoms with E-state index in [0.717, 1.165) is 4.90 Å². The van der Waals surface area contributed by atoms with Gasteiger partial charge in [-0.15, -0.1) is 0 Å². The highest BCUT2D eigenvalue weighted by molar-refractivity contribution is 6.21. The van der Waals surface area contributed by atoms with Crippen molar-refractivity contribution in [2.24, 2.45) is 5.92 Å². The van der Waals surface area contributed by atoms with E-state index in [1.54, 1.807) is 0 Å². The normalized spacial score (nSPS) is 19.2. The number of hydrogen-bond donors (Lipinski definition) is 1. The van der Waals surface area contributed by atoms with Gasteiger partial charge in [-0.3, -0.25) is 9.59 Å². The average Bonchev–Trinajstić information content (AvgIpc) is 2.66. The van der Waals surface area contributed by atoms with Crippen LogP contribution < -0.4 is 15.8 Å². The molecule has 2 rings (SSSR count). The molecule has 2 heterocycles. The number of carbonyl (C=O) groups excluding carboxylic acids is 2. The second kappa shape index (κ2) is 4.87. The van der Waals surface area contributed by atoms with E-state index in [4.69, 9.17) is 0 Å². The van der Waals surface area contributed by atoms with E-state index in [9.17, 15) is 14.4 Å². The summed E-state index contributed by atoms with van der Waals surface area (Å²) in [5.74, 6) is -0.250. The predicted octanol–water partition coefficient (Wildman–Crippen LogP) is 0.949. The molecule has 0 radical (unpaired) electrons. The Morgan fingerprint density at radius 2 is 1.95 bits per heavy atom. The number of urea groups is 1. The first kappa shape index (κ1) is 13.3. The maximum Gasteiger partial charge on any atom is 0.329 e. The summed E-state index contributed by atoms with van der Waals surface area (Å²) in [6.45, 7) is 6.07. The monoisotopic (exact) mass is 263 g/mol. The molecule has 6 heteroatoms. The van der Waals surface area contributed by atoms with Crippen molar-refractivity contribution in [2.75, 3.05) is 4.90 Å². The summed E-state index contributed by atoms with van der Waals surface area (Å²) in [5.41, 5.74) is 0.269. The highest BCUT2D eigenvalue weighted by atomic mass is 16.2. The van der Waals surface area contributed by atoms with Gasteiger partial charge in [0.15, 0.2) is 0 Å². The molecule has 1 N–H and O–H groups in total. The second-order valence-electron chi connectivity index (χ2n) is 4.86. The first-order chi connectivity index (χ1) is 8.95. The summed E-state index contributed by atoms with van der Waals surface area (Å²) >= 11 is 0. The molecule has 0 aromatic carbocycles. The Kier molecular flexibility index (Phi) is 3.42. The lowest BCUT2D eigenvalue weighted by Crippen LogP contribution is -2.35. The molecule has 1 aliphatic heterocycles. The maximum atomic E-state index is 12.2. The summed E-state index contributed by atoms with van der Waals surface area (Å²) in [7, 11) is 0. The predicted molar refractivity (Wildman–Crippen MR) is 71.0 cm³/mol. The number of pyridine rings is 1. The smallest absolute Gasteiger partial charge is 0.325 e. The molecule has 1 fully saturated rings. The summed E-state index contributed by atoms with van der Waals surface area (Å²) in [4.78, 5) is 36.7. The number of amides is 3. The van der Waals surface area contributed by atoms with Gasteiger partial charge in [-0.25, -0.2) is 9.69 Å². The van der Waals surface area contributed by atoms with E-state index in [-0.39, 0.29) is 17.4 Å². The molecule has 0 aliphatic carbocycles. The molecule has 1 saturated heterocycles. The first-order valence-electron chi connectivity index (χ1n) is 6.30. The van der Waals surface area contributed by atoms with Crippen LogP contribution in [-0.4, -0.2) is 22.5 Å². The standard InChI is InChI=1S/C13H17N3O3/c1-4-15-7-9(5-6-10(15)17)16-12(18)11(8(2)3)14-13(16)19/h5-8,11H,4H2,1-3H3,(H,14,19)/t11-/m1/s1. The van der Waals surface area contributed by atoms with Crippen LogP contribution in [0.4, 0.5) is 10.5 Å². The zero-order chi connectivity index (χ0) is 14.2. The largest absolute Gasteiger partial charge is 0.329 e. The molecule has 3 amide bonds. The van der Waals surface area contributed by atoms with Crippen LogP contribution in [0.3, 0.4) is 0 Å². The van der Waals surface area contributed by atoms with Crippen molar-refractivity contribution in [3.05, 3.63) is 28.7 Å². The van der Waals surface area contributed by atoms with E-state index in [2.05, 4.69) is 5.32 Å². The van der Waals surface area contributed by atoms with Crippen LogP contribution in [0.15, 0.2) is 23.1 Å². The van der Waals surface area contributed by atoms with Gasteiger partial charge in [0.25, 0.3) is 11.5 Å². The van der Waals surface area contributed by atoms with Crippen LogP contribution in [0.1, 0.15) is 20.8 Å². The topological polar surface area (TPSA) is 71.4 Å². The van der Waals surface area contributed by atoms with Crippen LogP contribution in [0, 0.1) is 5.92 Å². The molecule has 6 nitrogen and oxygen atoms in total. The third-order valence-corrected chi connectivity index (χ3v) is 3.20. The van der Waals surface area contributed by atoms with Gasteiger partial charge < -0.3 is 9.88 Å². The summed E-state index contributed by atoms with van der Waals surface area (Å²) in [6, 6.07) is 1.91. The average molecular weight is 263 g/mol. The lowest BCUT2D eigenvalue weighted by Gasteiger charge is -2.15. The molecule has 1 atom stereocenters. The number of imide groups is 1. The van der Waals surface area contributed by atoms with E-state index >= 15 is 0 Å². The minimum Gasteiger partial charge on any atom is -0.325 e. The Hall–Kier alpha value is -2.11. The Morgan fingerprint density at radius 3 is 2.47 bits per heavy atom. The van der Waals surface area contributed by atoms with Gasteiger partial charge in [-0.1, -0.05) is 13.8 Å². The summed E-state index contributed by atoms with van der Waals surface area (Å²) < 4.78 is 1.46. The fourth-order valence-corrected chi connectivity index (χ4v) is 2.09. The van der Waals surface area contributed by atoms with Gasteiger partial charge in [0.1, 0.15) is 6.04 Å². The highest BCUT2D eigenvalue weighted by Gasteiger charge is 2.40. The van der Waals surface area contributed by atoms with E-state index < -0.39 is 12.1 Å². The number of anilines is 1. The maximum absolute atomic E-state index is 12.2. The number of nitrogens with zero attached hydrogens (tertiary/aromatic N) is 2. The van der Waals surface area contributed by atoms with Gasteiger partial charge >= 0.3 is 6.03 Å². The van der Waals surface area contributed by atoms with E-state index in [1.165, 1.54) is 22.9 Å². The van der Waals surface area contributed by atoms with Crippen molar-refractivity contribution >= 4 is 17.6 Å². The van der Waals surface area contributed by atoms with Crippen LogP contribution >= 0.6 is 0 Å². The molecule has 1 aromatic rings. The number of carbonyl (C=O) groups is 2. The Balaban J connectivity index is 2.39. The Morgan fingerprint density at radius 1 is 1.26 bits per heavy atom. The van der Waals surface area contributed by atoms with Gasteiger partial charge in [0.05, 0.1) is 5.69 Å². The van der Waals surface area contributed by atoms with Crippen LogP contribution in [-0.2, 0) is 11.3 Å². The highest BCUT2D eigenvalue weighted by Crippen LogP contribution is 2.21. The van der Waals surface area contributed by atoms with Crippen LogP contribution in [0.25, 0.3) is 0 Å². The van der Waals surface area contributed by atoms with Crippen molar-refractivity contribution in [1.29, 1.82) is 0 Å². The van der Waals surface area contributed by atoms with Gasteiger partial charge in [0, 0.05) is 18.8 Å². The lowest BCUT2D eigenvalue weighted by atomic mass is 10.1. The zero-order valence-corrected chi connectivity index (χ0v) is 11.2. The van der Waals surface area contributed by atoms with Gasteiger partial charge in [0.2, 0.25) is 0 Å². The first-order valence-corrected chi connectivity index (χ1v) is 6.30. The third kappa shape index (κ3) is 2.25. The molecule has 0 bridgehead atoms. The molecule has 0 unspecified atom stereocenters. The Labute approximate surface area is 111 Å². The molecule has 0 saturated carbocycles. The minimum absolute atomic E-state index is 0.0264. The number of hydrogen-bond acceptors (Lipinski definition) is 3. The minimum atomic E-state index is -0.505. The summed E-state index contributed by atoms with van der Waals surface area (Å²) in [6.07, 6.45) is 1.53. The van der Waals surface area contributed by atoms with Crippen molar-refractivity contribution < 1.29 is 9.59 Å². The number of nitrogens with one attached hydrogen (secondary N) is 1. The molecule has 1 aliphatic rings. The molecular formula is C13H17N3O3. The Bertz CT molecular complexity index is 577. The van der Waals surface area contributed by atoms with Gasteiger partial charge in [-0.05, 0) is 18.9 Å². The van der Waals surface area contributed by atoms with Crippen molar-refractivity contribution in [1.82, 2.24) is 9.88 Å². The van der Waals surface area contributed by atoms with Crippen molar-refractivity contribution in [3.63, 3.8) is 0 Å². The van der Waals surface area contributed by atoms with E-state index in [0.29, 0.717) is 12.2 Å². The van der Waals surface area contributed by atoms with Gasteiger partial charge in [-0.2, -0.15) is 0 Å².